The Kier molecular flexibility index (Phi) is 6.36. The fourth-order valence-electron chi connectivity index (χ4n) is 4.52. The van der Waals surface area contributed by atoms with Gasteiger partial charge >= 0.3 is 0 Å². The maximum atomic E-state index is 13.0. The third-order valence-electron chi connectivity index (χ3n) is 6.25. The van der Waals surface area contributed by atoms with Crippen molar-refractivity contribution in [1.29, 1.82) is 0 Å². The SMILES string of the molecule is COc1nn(C2CCCCC2)cc1NC(=O)c1cccc(C2=CN(N3CCCN3)CC=N2)n1. The van der Waals surface area contributed by atoms with Crippen LogP contribution in [0.2, 0.25) is 0 Å². The van der Waals surface area contributed by atoms with Crippen LogP contribution in [0.1, 0.15) is 60.7 Å². The van der Waals surface area contributed by atoms with E-state index in [4.69, 9.17) is 4.74 Å². The molecule has 1 saturated heterocycles. The van der Waals surface area contributed by atoms with E-state index >= 15 is 0 Å². The lowest BCUT2D eigenvalue weighted by Crippen LogP contribution is -2.45. The van der Waals surface area contributed by atoms with Crippen LogP contribution >= 0.6 is 0 Å². The Morgan fingerprint density at radius 3 is 2.88 bits per heavy atom. The van der Waals surface area contributed by atoms with Crippen LogP contribution in [0.3, 0.4) is 0 Å². The number of carbonyl (C=O) groups is 1. The Hall–Kier alpha value is -3.24. The van der Waals surface area contributed by atoms with Crippen LogP contribution in [-0.4, -0.2) is 63.8 Å². The van der Waals surface area contributed by atoms with Gasteiger partial charge in [0.15, 0.2) is 0 Å². The summed E-state index contributed by atoms with van der Waals surface area (Å²) < 4.78 is 7.35. The van der Waals surface area contributed by atoms with Crippen LogP contribution in [0.15, 0.2) is 35.6 Å². The molecule has 0 radical (unpaired) electrons. The van der Waals surface area contributed by atoms with E-state index in [-0.39, 0.29) is 5.91 Å². The number of methoxy groups -OCH3 is 1. The Bertz CT molecular complexity index is 1050. The number of hydrogen-bond acceptors (Lipinski definition) is 8. The maximum absolute atomic E-state index is 13.0. The second-order valence-electron chi connectivity index (χ2n) is 8.52. The lowest BCUT2D eigenvalue weighted by molar-refractivity contribution is 0.0155. The number of pyridine rings is 1. The number of aliphatic imine (C=N–C) groups is 1. The van der Waals surface area contributed by atoms with E-state index in [1.54, 1.807) is 13.2 Å². The number of anilines is 1. The Balaban J connectivity index is 1.32. The molecule has 10 nitrogen and oxygen atoms in total. The van der Waals surface area contributed by atoms with E-state index < -0.39 is 0 Å². The zero-order valence-electron chi connectivity index (χ0n) is 18.9. The van der Waals surface area contributed by atoms with Crippen molar-refractivity contribution in [2.45, 2.75) is 44.6 Å². The molecule has 174 valence electrons. The molecule has 2 fully saturated rings. The molecular formula is C23H30N8O2. The molecule has 0 atom stereocenters. The van der Waals surface area contributed by atoms with Gasteiger partial charge in [0.1, 0.15) is 17.1 Å². The largest absolute Gasteiger partial charge is 0.478 e. The minimum absolute atomic E-state index is 0.309. The van der Waals surface area contributed by atoms with E-state index in [0.717, 1.165) is 32.4 Å². The van der Waals surface area contributed by atoms with Gasteiger partial charge in [0.25, 0.3) is 11.8 Å². The number of carbonyl (C=O) groups excluding carboxylic acids is 1. The number of aromatic nitrogens is 3. The first kappa shape index (κ1) is 21.6. The van der Waals surface area contributed by atoms with E-state index in [9.17, 15) is 4.79 Å². The average molecular weight is 451 g/mol. The van der Waals surface area contributed by atoms with Crippen molar-refractivity contribution in [3.8, 4) is 5.88 Å². The smallest absolute Gasteiger partial charge is 0.274 e. The molecule has 2 aromatic rings. The molecule has 0 unspecified atom stereocenters. The van der Waals surface area contributed by atoms with Crippen molar-refractivity contribution in [1.82, 2.24) is 30.3 Å². The fourth-order valence-corrected chi connectivity index (χ4v) is 4.52. The number of nitrogens with one attached hydrogen (secondary N) is 2. The molecule has 0 aromatic carbocycles. The second-order valence-corrected chi connectivity index (χ2v) is 8.52. The van der Waals surface area contributed by atoms with Crippen LogP contribution in [0, 0.1) is 0 Å². The van der Waals surface area contributed by atoms with Gasteiger partial charge in [0.05, 0.1) is 31.6 Å². The van der Waals surface area contributed by atoms with Crippen molar-refractivity contribution < 1.29 is 9.53 Å². The third-order valence-corrected chi connectivity index (χ3v) is 6.25. The summed E-state index contributed by atoms with van der Waals surface area (Å²) in [6, 6.07) is 5.74. The Labute approximate surface area is 193 Å². The number of ether oxygens (including phenoxy) is 1. The summed E-state index contributed by atoms with van der Waals surface area (Å²) in [7, 11) is 1.57. The van der Waals surface area contributed by atoms with Gasteiger partial charge < -0.3 is 10.1 Å². The van der Waals surface area contributed by atoms with Gasteiger partial charge in [-0.15, -0.1) is 5.10 Å². The van der Waals surface area contributed by atoms with E-state index in [1.807, 2.05) is 35.4 Å². The summed E-state index contributed by atoms with van der Waals surface area (Å²) in [5, 5.41) is 11.6. The highest BCUT2D eigenvalue weighted by Gasteiger charge is 2.22. The summed E-state index contributed by atoms with van der Waals surface area (Å²) >= 11 is 0. The van der Waals surface area contributed by atoms with Crippen LogP contribution in [-0.2, 0) is 0 Å². The number of hydrazine groups is 2. The molecule has 3 aliphatic rings. The van der Waals surface area contributed by atoms with Crippen molar-refractivity contribution in [2.24, 2.45) is 4.99 Å². The van der Waals surface area contributed by atoms with Crippen molar-refractivity contribution in [3.63, 3.8) is 0 Å². The fraction of sp³-hybridized carbons (Fsp3) is 0.478. The summed E-state index contributed by atoms with van der Waals surface area (Å²) in [5.74, 6) is 0.107. The van der Waals surface area contributed by atoms with Gasteiger partial charge in [-0.3, -0.25) is 19.5 Å². The second kappa shape index (κ2) is 9.72. The summed E-state index contributed by atoms with van der Waals surface area (Å²) in [6.45, 7) is 2.61. The molecule has 2 aromatic heterocycles. The lowest BCUT2D eigenvalue weighted by atomic mass is 9.96. The standard InChI is InChI=1S/C23H30N8O2/c1-33-23-21(16-30(28-23)17-7-3-2-4-8-17)27-22(32)19-10-5-9-18(26-19)20-15-29(14-12-24-20)31-13-6-11-25-31/h5,9-10,12,15-17,25H,2-4,6-8,11,13-14H2,1H3,(H,27,32). The predicted octanol–water partition coefficient (Wildman–Crippen LogP) is 2.85. The minimum atomic E-state index is -0.309. The topological polar surface area (TPSA) is 99.9 Å². The Morgan fingerprint density at radius 1 is 1.21 bits per heavy atom. The van der Waals surface area contributed by atoms with Gasteiger partial charge in [-0.05, 0) is 31.4 Å². The molecule has 0 bridgehead atoms. The first-order chi connectivity index (χ1) is 16.2. The zero-order valence-corrected chi connectivity index (χ0v) is 18.9. The molecule has 2 aliphatic heterocycles. The normalized spacial score (nSPS) is 19.5. The van der Waals surface area contributed by atoms with E-state index in [0.29, 0.717) is 41.2 Å². The number of nitrogens with zero attached hydrogens (tertiary/aromatic N) is 6. The molecule has 2 N–H and O–H groups in total. The highest BCUT2D eigenvalue weighted by atomic mass is 16.5. The monoisotopic (exact) mass is 450 g/mol. The lowest BCUT2D eigenvalue weighted by Gasteiger charge is -2.31. The molecule has 1 saturated carbocycles. The summed E-state index contributed by atoms with van der Waals surface area (Å²) in [4.78, 5) is 22.1. The molecule has 0 spiro atoms. The minimum Gasteiger partial charge on any atom is -0.478 e. The third kappa shape index (κ3) is 4.76. The highest BCUT2D eigenvalue weighted by Crippen LogP contribution is 2.31. The average Bonchev–Trinajstić information content (AvgIpc) is 3.55. The van der Waals surface area contributed by atoms with Crippen LogP contribution in [0.4, 0.5) is 5.69 Å². The number of amides is 1. The quantitative estimate of drug-likeness (QED) is 0.698. The predicted molar refractivity (Wildman–Crippen MR) is 126 cm³/mol. The summed E-state index contributed by atoms with van der Waals surface area (Å²) in [5.41, 5.74) is 5.57. The first-order valence-corrected chi connectivity index (χ1v) is 11.6. The molecule has 10 heteroatoms. The number of hydrogen-bond donors (Lipinski definition) is 2. The van der Waals surface area contributed by atoms with Crippen molar-refractivity contribution in [3.05, 3.63) is 42.0 Å². The van der Waals surface area contributed by atoms with Crippen molar-refractivity contribution in [2.75, 3.05) is 32.1 Å². The van der Waals surface area contributed by atoms with Gasteiger partial charge in [-0.2, -0.15) is 5.12 Å². The van der Waals surface area contributed by atoms with Crippen LogP contribution < -0.4 is 15.5 Å². The van der Waals surface area contributed by atoms with Gasteiger partial charge in [-0.1, -0.05) is 25.3 Å². The Morgan fingerprint density at radius 2 is 2.09 bits per heavy atom. The number of rotatable bonds is 6. The molecule has 1 amide bonds. The van der Waals surface area contributed by atoms with Gasteiger partial charge in [0.2, 0.25) is 0 Å². The summed E-state index contributed by atoms with van der Waals surface area (Å²) in [6.07, 6.45) is 12.7. The molecule has 33 heavy (non-hydrogen) atoms. The van der Waals surface area contributed by atoms with E-state index in [2.05, 4.69) is 35.9 Å². The van der Waals surface area contributed by atoms with Gasteiger partial charge in [0, 0.05) is 25.5 Å². The molecule has 4 heterocycles. The van der Waals surface area contributed by atoms with E-state index in [1.165, 1.54) is 19.3 Å². The van der Waals surface area contributed by atoms with Crippen LogP contribution in [0.5, 0.6) is 5.88 Å². The zero-order chi connectivity index (χ0) is 22.6. The highest BCUT2D eigenvalue weighted by molar-refractivity contribution is 6.03. The molecule has 5 rings (SSSR count). The maximum Gasteiger partial charge on any atom is 0.274 e. The van der Waals surface area contributed by atoms with Crippen LogP contribution in [0.25, 0.3) is 5.70 Å². The first-order valence-electron chi connectivity index (χ1n) is 11.6. The molecular weight excluding hydrogens is 420 g/mol. The molecule has 1 aliphatic carbocycles. The van der Waals surface area contributed by atoms with Crippen molar-refractivity contribution >= 4 is 23.5 Å². The van der Waals surface area contributed by atoms with Gasteiger partial charge in [-0.25, -0.2) is 10.4 Å².